The second-order valence-corrected chi connectivity index (χ2v) is 6.48. The third-order valence-electron chi connectivity index (χ3n) is 4.22. The molecule has 0 bridgehead atoms. The quantitative estimate of drug-likeness (QED) is 0.895. The van der Waals surface area contributed by atoms with Gasteiger partial charge in [0.1, 0.15) is 5.82 Å². The van der Waals surface area contributed by atoms with Gasteiger partial charge in [0.05, 0.1) is 4.47 Å². The SMILES string of the molecule is CC1(c2ccc(F)c(Br)c2)CC1CNC1CC1. The monoisotopic (exact) mass is 297 g/mol. The molecule has 0 saturated heterocycles. The van der Waals surface area contributed by atoms with Gasteiger partial charge in [-0.3, -0.25) is 0 Å². The van der Waals surface area contributed by atoms with Crippen LogP contribution in [0.15, 0.2) is 22.7 Å². The average molecular weight is 298 g/mol. The molecular weight excluding hydrogens is 281 g/mol. The fraction of sp³-hybridized carbons (Fsp3) is 0.571. The Balaban J connectivity index is 1.68. The van der Waals surface area contributed by atoms with Crippen LogP contribution < -0.4 is 5.32 Å². The molecule has 2 fully saturated rings. The van der Waals surface area contributed by atoms with Crippen molar-refractivity contribution in [3.63, 3.8) is 0 Å². The van der Waals surface area contributed by atoms with Gasteiger partial charge in [0.25, 0.3) is 0 Å². The Kier molecular flexibility index (Phi) is 2.79. The molecule has 92 valence electrons. The Morgan fingerprint density at radius 3 is 2.88 bits per heavy atom. The van der Waals surface area contributed by atoms with E-state index in [1.165, 1.54) is 24.8 Å². The zero-order valence-corrected chi connectivity index (χ0v) is 11.6. The van der Waals surface area contributed by atoms with E-state index in [2.05, 4.69) is 28.2 Å². The zero-order chi connectivity index (χ0) is 12.0. The van der Waals surface area contributed by atoms with Gasteiger partial charge in [0.2, 0.25) is 0 Å². The van der Waals surface area contributed by atoms with E-state index < -0.39 is 0 Å². The van der Waals surface area contributed by atoms with E-state index in [9.17, 15) is 4.39 Å². The molecule has 1 aromatic rings. The van der Waals surface area contributed by atoms with Gasteiger partial charge in [-0.2, -0.15) is 0 Å². The lowest BCUT2D eigenvalue weighted by Gasteiger charge is -2.13. The first kappa shape index (κ1) is 11.7. The van der Waals surface area contributed by atoms with Crippen LogP contribution in [0.5, 0.6) is 0 Å². The molecule has 0 aromatic heterocycles. The van der Waals surface area contributed by atoms with Crippen LogP contribution in [-0.2, 0) is 5.41 Å². The van der Waals surface area contributed by atoms with Crippen LogP contribution in [0.25, 0.3) is 0 Å². The van der Waals surface area contributed by atoms with Crippen molar-refractivity contribution < 1.29 is 4.39 Å². The molecule has 0 aliphatic heterocycles. The fourth-order valence-electron chi connectivity index (χ4n) is 2.55. The predicted molar refractivity (Wildman–Crippen MR) is 70.6 cm³/mol. The molecule has 0 heterocycles. The summed E-state index contributed by atoms with van der Waals surface area (Å²) in [4.78, 5) is 0. The molecule has 2 atom stereocenters. The molecular formula is C14H17BrFN. The lowest BCUT2D eigenvalue weighted by molar-refractivity contribution is 0.573. The van der Waals surface area contributed by atoms with E-state index >= 15 is 0 Å². The van der Waals surface area contributed by atoms with Gasteiger partial charge < -0.3 is 5.32 Å². The minimum atomic E-state index is -0.175. The molecule has 1 aromatic carbocycles. The number of benzene rings is 1. The summed E-state index contributed by atoms with van der Waals surface area (Å²) in [6.07, 6.45) is 3.89. The van der Waals surface area contributed by atoms with Gasteiger partial charge in [-0.05, 0) is 70.8 Å². The lowest BCUT2D eigenvalue weighted by Crippen LogP contribution is -2.22. The molecule has 3 heteroatoms. The third kappa shape index (κ3) is 2.27. The van der Waals surface area contributed by atoms with Gasteiger partial charge in [0, 0.05) is 6.04 Å². The highest BCUT2D eigenvalue weighted by Crippen LogP contribution is 2.54. The van der Waals surface area contributed by atoms with Crippen molar-refractivity contribution in [2.75, 3.05) is 6.54 Å². The Hall–Kier alpha value is -0.410. The summed E-state index contributed by atoms with van der Waals surface area (Å²) in [5.74, 6) is 0.533. The summed E-state index contributed by atoms with van der Waals surface area (Å²) in [6, 6.07) is 6.21. The van der Waals surface area contributed by atoms with Crippen molar-refractivity contribution in [1.82, 2.24) is 5.32 Å². The highest BCUT2D eigenvalue weighted by atomic mass is 79.9. The van der Waals surface area contributed by atoms with E-state index in [1.807, 2.05) is 12.1 Å². The summed E-state index contributed by atoms with van der Waals surface area (Å²) in [6.45, 7) is 3.39. The summed E-state index contributed by atoms with van der Waals surface area (Å²) in [5, 5.41) is 3.58. The molecule has 2 aliphatic carbocycles. The van der Waals surface area contributed by atoms with Crippen LogP contribution in [-0.4, -0.2) is 12.6 Å². The van der Waals surface area contributed by atoms with Gasteiger partial charge in [-0.25, -0.2) is 4.39 Å². The Morgan fingerprint density at radius 2 is 2.24 bits per heavy atom. The number of hydrogen-bond acceptors (Lipinski definition) is 1. The summed E-state index contributed by atoms with van der Waals surface area (Å²) in [5.41, 5.74) is 1.51. The second kappa shape index (κ2) is 4.06. The molecule has 0 radical (unpaired) electrons. The summed E-state index contributed by atoms with van der Waals surface area (Å²) >= 11 is 3.27. The Bertz CT molecular complexity index is 444. The van der Waals surface area contributed by atoms with Gasteiger partial charge in [-0.1, -0.05) is 13.0 Å². The van der Waals surface area contributed by atoms with Crippen LogP contribution in [0.2, 0.25) is 0 Å². The average Bonchev–Trinajstić information content (AvgIpc) is 3.17. The molecule has 2 unspecified atom stereocenters. The second-order valence-electron chi connectivity index (χ2n) is 5.63. The lowest BCUT2D eigenvalue weighted by atomic mass is 9.95. The van der Waals surface area contributed by atoms with Crippen LogP contribution in [0.1, 0.15) is 31.7 Å². The number of nitrogens with one attached hydrogen (secondary N) is 1. The van der Waals surface area contributed by atoms with Crippen LogP contribution in [0.3, 0.4) is 0 Å². The van der Waals surface area contributed by atoms with Crippen molar-refractivity contribution in [3.05, 3.63) is 34.1 Å². The maximum absolute atomic E-state index is 13.2. The van der Waals surface area contributed by atoms with E-state index in [1.54, 1.807) is 6.07 Å². The first-order valence-electron chi connectivity index (χ1n) is 6.28. The van der Waals surface area contributed by atoms with Crippen LogP contribution in [0.4, 0.5) is 4.39 Å². The van der Waals surface area contributed by atoms with Gasteiger partial charge in [0.15, 0.2) is 0 Å². The summed E-state index contributed by atoms with van der Waals surface area (Å²) < 4.78 is 13.8. The molecule has 0 spiro atoms. The zero-order valence-electron chi connectivity index (χ0n) is 9.97. The molecule has 17 heavy (non-hydrogen) atoms. The van der Waals surface area contributed by atoms with Crippen LogP contribution >= 0.6 is 15.9 Å². The normalized spacial score (nSPS) is 31.6. The van der Waals surface area contributed by atoms with E-state index in [-0.39, 0.29) is 11.2 Å². The first-order valence-corrected chi connectivity index (χ1v) is 7.08. The summed E-state index contributed by atoms with van der Waals surface area (Å²) in [7, 11) is 0. The molecule has 0 amide bonds. The topological polar surface area (TPSA) is 12.0 Å². The van der Waals surface area contributed by atoms with Crippen LogP contribution in [0, 0.1) is 11.7 Å². The molecule has 1 nitrogen and oxygen atoms in total. The van der Waals surface area contributed by atoms with Crippen molar-refractivity contribution in [2.24, 2.45) is 5.92 Å². The standard InChI is InChI=1S/C14H17BrFN/c1-14(7-10(14)8-17-11-3-4-11)9-2-5-13(16)12(15)6-9/h2,5-6,10-11,17H,3-4,7-8H2,1H3. The van der Waals surface area contributed by atoms with Crippen molar-refractivity contribution in [3.8, 4) is 0 Å². The number of hydrogen-bond donors (Lipinski definition) is 1. The third-order valence-corrected chi connectivity index (χ3v) is 4.83. The predicted octanol–water partition coefficient (Wildman–Crippen LogP) is 3.62. The molecule has 3 rings (SSSR count). The minimum Gasteiger partial charge on any atom is -0.314 e. The van der Waals surface area contributed by atoms with E-state index in [4.69, 9.17) is 0 Å². The minimum absolute atomic E-state index is 0.175. The highest BCUT2D eigenvalue weighted by molar-refractivity contribution is 9.10. The Labute approximate surface area is 110 Å². The van der Waals surface area contributed by atoms with E-state index in [0.29, 0.717) is 10.4 Å². The smallest absolute Gasteiger partial charge is 0.137 e. The maximum Gasteiger partial charge on any atom is 0.137 e. The van der Waals surface area contributed by atoms with Gasteiger partial charge >= 0.3 is 0 Å². The van der Waals surface area contributed by atoms with Crippen molar-refractivity contribution in [1.29, 1.82) is 0 Å². The molecule has 2 saturated carbocycles. The van der Waals surface area contributed by atoms with Crippen molar-refractivity contribution in [2.45, 2.75) is 37.6 Å². The first-order chi connectivity index (χ1) is 8.09. The fourth-order valence-corrected chi connectivity index (χ4v) is 2.93. The Morgan fingerprint density at radius 1 is 1.47 bits per heavy atom. The number of halogens is 2. The van der Waals surface area contributed by atoms with Crippen molar-refractivity contribution >= 4 is 15.9 Å². The maximum atomic E-state index is 13.2. The van der Waals surface area contributed by atoms with E-state index in [0.717, 1.165) is 12.6 Å². The number of rotatable bonds is 4. The largest absolute Gasteiger partial charge is 0.314 e. The van der Waals surface area contributed by atoms with Gasteiger partial charge in [-0.15, -0.1) is 0 Å². The molecule has 1 N–H and O–H groups in total. The molecule has 2 aliphatic rings. The highest BCUT2D eigenvalue weighted by Gasteiger charge is 2.51.